The summed E-state index contributed by atoms with van der Waals surface area (Å²) < 4.78 is 24.0. The van der Waals surface area contributed by atoms with Gasteiger partial charge < -0.3 is 19.7 Å². The van der Waals surface area contributed by atoms with Gasteiger partial charge in [-0.2, -0.15) is 0 Å². The molecule has 3 rings (SSSR count). The molecule has 1 aromatic carbocycles. The van der Waals surface area contributed by atoms with E-state index in [4.69, 9.17) is 9.47 Å². The molecule has 30 heavy (non-hydrogen) atoms. The maximum atomic E-state index is 13.4. The molecule has 1 N–H and O–H groups in total. The number of likely N-dealkylation sites (tertiary alicyclic amines) is 1. The Morgan fingerprint density at radius 2 is 2.07 bits per heavy atom. The number of carbonyl (C=O) groups excluding carboxylic acids is 1. The number of benzene rings is 1. The molecule has 1 aliphatic rings. The van der Waals surface area contributed by atoms with Crippen molar-refractivity contribution in [2.24, 2.45) is 10.9 Å². The van der Waals surface area contributed by atoms with Crippen molar-refractivity contribution in [1.82, 2.24) is 15.2 Å². The third kappa shape index (κ3) is 6.28. The van der Waals surface area contributed by atoms with E-state index in [2.05, 4.69) is 20.2 Å². The topological polar surface area (TPSA) is 76.1 Å². The zero-order valence-corrected chi connectivity index (χ0v) is 19.3. The number of halogens is 2. The van der Waals surface area contributed by atoms with Gasteiger partial charge in [0.15, 0.2) is 5.96 Å². The van der Waals surface area contributed by atoms with Crippen molar-refractivity contribution in [3.05, 3.63) is 54.0 Å². The van der Waals surface area contributed by atoms with Gasteiger partial charge in [0, 0.05) is 44.5 Å². The number of aliphatic imine (C=N–C) groups is 1. The Kier molecular flexibility index (Phi) is 9.28. The van der Waals surface area contributed by atoms with Crippen LogP contribution in [0.3, 0.4) is 0 Å². The molecular formula is C21H26FIN4O3. The lowest BCUT2D eigenvalue weighted by molar-refractivity contribution is -0.146. The molecule has 2 aromatic rings. The number of hydrogen-bond donors (Lipinski definition) is 1. The van der Waals surface area contributed by atoms with Gasteiger partial charge in [0.2, 0.25) is 5.88 Å². The summed E-state index contributed by atoms with van der Waals surface area (Å²) in [6, 6.07) is 9.66. The second kappa shape index (κ2) is 11.7. The predicted octanol–water partition coefficient (Wildman–Crippen LogP) is 3.59. The van der Waals surface area contributed by atoms with Crippen molar-refractivity contribution < 1.29 is 18.7 Å². The van der Waals surface area contributed by atoms with Crippen molar-refractivity contribution in [3.8, 4) is 11.6 Å². The van der Waals surface area contributed by atoms with Crippen molar-refractivity contribution in [1.29, 1.82) is 0 Å². The first-order valence-electron chi connectivity index (χ1n) is 9.51. The number of carbonyl (C=O) groups is 1. The Morgan fingerprint density at radius 1 is 1.30 bits per heavy atom. The number of pyridine rings is 1. The predicted molar refractivity (Wildman–Crippen MR) is 123 cm³/mol. The summed E-state index contributed by atoms with van der Waals surface area (Å²) in [5, 5.41) is 3.32. The molecule has 162 valence electrons. The van der Waals surface area contributed by atoms with E-state index in [1.165, 1.54) is 19.2 Å². The summed E-state index contributed by atoms with van der Waals surface area (Å²) in [6.07, 6.45) is 3.09. The van der Waals surface area contributed by atoms with Crippen molar-refractivity contribution >= 4 is 35.9 Å². The lowest BCUT2D eigenvalue weighted by Gasteiger charge is -2.33. The van der Waals surface area contributed by atoms with E-state index < -0.39 is 0 Å². The first-order valence-corrected chi connectivity index (χ1v) is 9.51. The maximum absolute atomic E-state index is 13.4. The van der Waals surface area contributed by atoms with Gasteiger partial charge in [-0.15, -0.1) is 24.0 Å². The molecule has 9 heteroatoms. The molecule has 2 heterocycles. The minimum absolute atomic E-state index is 0. The molecular weight excluding hydrogens is 502 g/mol. The molecule has 0 saturated carbocycles. The van der Waals surface area contributed by atoms with Gasteiger partial charge in [-0.3, -0.25) is 9.79 Å². The SMILES string of the molecule is CN=C(NCc1cccnc1Oc1cccc(F)c1)N1CCC(C(=O)OC)CC1.I. The van der Waals surface area contributed by atoms with Gasteiger partial charge in [0.25, 0.3) is 0 Å². The highest BCUT2D eigenvalue weighted by Gasteiger charge is 2.27. The number of rotatable bonds is 5. The van der Waals surface area contributed by atoms with Gasteiger partial charge in [-0.05, 0) is 31.0 Å². The molecule has 7 nitrogen and oxygen atoms in total. The van der Waals surface area contributed by atoms with Crippen LogP contribution in [0.5, 0.6) is 11.6 Å². The smallest absolute Gasteiger partial charge is 0.308 e. The largest absolute Gasteiger partial charge is 0.469 e. The minimum Gasteiger partial charge on any atom is -0.469 e. The molecule has 0 spiro atoms. The zero-order chi connectivity index (χ0) is 20.6. The van der Waals surface area contributed by atoms with Crippen LogP contribution in [-0.4, -0.2) is 49.1 Å². The van der Waals surface area contributed by atoms with Gasteiger partial charge in [0.05, 0.1) is 13.0 Å². The van der Waals surface area contributed by atoms with Crippen LogP contribution in [0.1, 0.15) is 18.4 Å². The maximum Gasteiger partial charge on any atom is 0.308 e. The number of aromatic nitrogens is 1. The average molecular weight is 528 g/mol. The number of esters is 1. The van der Waals surface area contributed by atoms with Crippen LogP contribution in [0.25, 0.3) is 0 Å². The van der Waals surface area contributed by atoms with Crippen LogP contribution in [0.15, 0.2) is 47.6 Å². The van der Waals surface area contributed by atoms with Gasteiger partial charge in [-0.1, -0.05) is 12.1 Å². The second-order valence-corrected chi connectivity index (χ2v) is 6.71. The molecule has 0 radical (unpaired) electrons. The third-order valence-corrected chi connectivity index (χ3v) is 4.84. The number of ether oxygens (including phenoxy) is 2. The molecule has 1 aliphatic heterocycles. The number of piperidine rings is 1. The van der Waals surface area contributed by atoms with E-state index in [1.54, 1.807) is 25.4 Å². The minimum atomic E-state index is -0.367. The number of guanidine groups is 1. The first kappa shape index (κ1) is 23.8. The van der Waals surface area contributed by atoms with E-state index in [-0.39, 0.29) is 41.7 Å². The fraction of sp³-hybridized carbons (Fsp3) is 0.381. The number of methoxy groups -OCH3 is 1. The molecule has 0 bridgehead atoms. The first-order chi connectivity index (χ1) is 14.1. The zero-order valence-electron chi connectivity index (χ0n) is 17.0. The molecule has 1 fully saturated rings. The van der Waals surface area contributed by atoms with Crippen LogP contribution in [-0.2, 0) is 16.1 Å². The highest BCUT2D eigenvalue weighted by atomic mass is 127. The molecule has 0 amide bonds. The van der Waals surface area contributed by atoms with E-state index in [9.17, 15) is 9.18 Å². The van der Waals surface area contributed by atoms with Crippen molar-refractivity contribution in [3.63, 3.8) is 0 Å². The monoisotopic (exact) mass is 528 g/mol. The Bertz CT molecular complexity index is 873. The quantitative estimate of drug-likeness (QED) is 0.277. The van der Waals surface area contributed by atoms with E-state index in [1.807, 2.05) is 12.1 Å². The van der Waals surface area contributed by atoms with Crippen molar-refractivity contribution in [2.75, 3.05) is 27.2 Å². The normalized spacial score (nSPS) is 14.6. The summed E-state index contributed by atoms with van der Waals surface area (Å²) in [4.78, 5) is 22.4. The molecule has 0 aliphatic carbocycles. The van der Waals surface area contributed by atoms with Crippen LogP contribution in [0, 0.1) is 11.7 Å². The summed E-state index contributed by atoms with van der Waals surface area (Å²) in [5.41, 5.74) is 0.822. The van der Waals surface area contributed by atoms with Crippen LogP contribution in [0.2, 0.25) is 0 Å². The fourth-order valence-corrected chi connectivity index (χ4v) is 3.29. The lowest BCUT2D eigenvalue weighted by Crippen LogP contribution is -2.46. The number of hydrogen-bond acceptors (Lipinski definition) is 5. The van der Waals surface area contributed by atoms with Gasteiger partial charge >= 0.3 is 5.97 Å². The van der Waals surface area contributed by atoms with Crippen LogP contribution >= 0.6 is 24.0 Å². The van der Waals surface area contributed by atoms with E-state index in [0.29, 0.717) is 18.2 Å². The van der Waals surface area contributed by atoms with E-state index in [0.717, 1.165) is 37.5 Å². The number of nitrogens with zero attached hydrogens (tertiary/aromatic N) is 3. The molecule has 1 saturated heterocycles. The Hall–Kier alpha value is -2.43. The Labute approximate surface area is 192 Å². The third-order valence-electron chi connectivity index (χ3n) is 4.84. The highest BCUT2D eigenvalue weighted by Crippen LogP contribution is 2.24. The molecule has 1 aromatic heterocycles. The van der Waals surface area contributed by atoms with Crippen molar-refractivity contribution in [2.45, 2.75) is 19.4 Å². The second-order valence-electron chi connectivity index (χ2n) is 6.71. The summed E-state index contributed by atoms with van der Waals surface area (Å²) >= 11 is 0. The lowest BCUT2D eigenvalue weighted by atomic mass is 9.97. The summed E-state index contributed by atoms with van der Waals surface area (Å²) in [5.74, 6) is 0.966. The number of nitrogens with one attached hydrogen (secondary N) is 1. The summed E-state index contributed by atoms with van der Waals surface area (Å²) in [6.45, 7) is 1.89. The Balaban J connectivity index is 0.00000320. The Morgan fingerprint density at radius 3 is 2.73 bits per heavy atom. The van der Waals surface area contributed by atoms with Crippen LogP contribution < -0.4 is 10.1 Å². The summed E-state index contributed by atoms with van der Waals surface area (Å²) in [7, 11) is 3.15. The van der Waals surface area contributed by atoms with E-state index >= 15 is 0 Å². The molecule has 0 atom stereocenters. The highest BCUT2D eigenvalue weighted by molar-refractivity contribution is 14.0. The molecule has 0 unspecified atom stereocenters. The van der Waals surface area contributed by atoms with Gasteiger partial charge in [-0.25, -0.2) is 9.37 Å². The van der Waals surface area contributed by atoms with Gasteiger partial charge in [0.1, 0.15) is 11.6 Å². The average Bonchev–Trinajstić information content (AvgIpc) is 2.75. The van der Waals surface area contributed by atoms with Crippen LogP contribution in [0.4, 0.5) is 4.39 Å². The fourth-order valence-electron chi connectivity index (χ4n) is 3.29. The standard InChI is InChI=1S/C21H25FN4O3.HI/c1-23-21(26-11-8-15(9-12-26)20(27)28-2)25-14-16-5-4-10-24-19(16)29-18-7-3-6-17(22)13-18;/h3-7,10,13,15H,8-9,11-12,14H2,1-2H3,(H,23,25);1H.